The Hall–Kier alpha value is -3.33. The standard InChI is InChI=1S/C23H24FN5O3/c1-13-11-28(12-14(2)32-13)22(31)18-8-7-16(10-19(18)24)17-4-3-9-29-20(17)25-23(27-29)26-21(30)15-5-6-15/h3-4,7-10,13-15H,5-6,11-12H2,1-2H3,(H,26,27,30). The fourth-order valence-corrected chi connectivity index (χ4v) is 4.11. The van der Waals surface area contributed by atoms with E-state index in [0.29, 0.717) is 29.9 Å². The quantitative estimate of drug-likeness (QED) is 0.678. The molecule has 0 spiro atoms. The molecule has 32 heavy (non-hydrogen) atoms. The molecular weight excluding hydrogens is 413 g/mol. The number of pyridine rings is 1. The van der Waals surface area contributed by atoms with Crippen molar-refractivity contribution >= 4 is 23.4 Å². The summed E-state index contributed by atoms with van der Waals surface area (Å²) in [6, 6.07) is 8.13. The minimum absolute atomic E-state index is 0.0286. The number of amides is 2. The summed E-state index contributed by atoms with van der Waals surface area (Å²) in [5.41, 5.74) is 1.74. The Bertz CT molecular complexity index is 1200. The van der Waals surface area contributed by atoms with E-state index in [4.69, 9.17) is 4.74 Å². The van der Waals surface area contributed by atoms with Gasteiger partial charge in [-0.15, -0.1) is 5.10 Å². The molecule has 0 bridgehead atoms. The van der Waals surface area contributed by atoms with Crippen LogP contribution in [0.3, 0.4) is 0 Å². The third-order valence-electron chi connectivity index (χ3n) is 5.76. The Kier molecular flexibility index (Phi) is 5.13. The molecule has 1 saturated heterocycles. The summed E-state index contributed by atoms with van der Waals surface area (Å²) < 4.78 is 22.2. The van der Waals surface area contributed by atoms with E-state index >= 15 is 4.39 Å². The van der Waals surface area contributed by atoms with E-state index in [9.17, 15) is 9.59 Å². The van der Waals surface area contributed by atoms with Crippen LogP contribution in [0.4, 0.5) is 10.3 Å². The lowest BCUT2D eigenvalue weighted by molar-refractivity contribution is -0.117. The number of aromatic nitrogens is 3. The average molecular weight is 437 g/mol. The number of anilines is 1. The Balaban J connectivity index is 1.42. The normalized spacial score (nSPS) is 21.0. The van der Waals surface area contributed by atoms with Crippen LogP contribution in [-0.4, -0.2) is 56.6 Å². The van der Waals surface area contributed by atoms with Crippen molar-refractivity contribution in [3.63, 3.8) is 0 Å². The van der Waals surface area contributed by atoms with E-state index in [2.05, 4.69) is 15.4 Å². The summed E-state index contributed by atoms with van der Waals surface area (Å²) in [5, 5.41) is 7.03. The Morgan fingerprint density at radius 2 is 1.91 bits per heavy atom. The second kappa shape index (κ2) is 7.98. The highest BCUT2D eigenvalue weighted by molar-refractivity contribution is 5.96. The highest BCUT2D eigenvalue weighted by Crippen LogP contribution is 2.30. The van der Waals surface area contributed by atoms with E-state index in [-0.39, 0.29) is 41.5 Å². The van der Waals surface area contributed by atoms with Gasteiger partial charge >= 0.3 is 0 Å². The van der Waals surface area contributed by atoms with Crippen molar-refractivity contribution in [3.05, 3.63) is 47.9 Å². The zero-order valence-electron chi connectivity index (χ0n) is 17.9. The number of benzene rings is 1. The van der Waals surface area contributed by atoms with Crippen molar-refractivity contribution in [1.29, 1.82) is 0 Å². The third-order valence-corrected chi connectivity index (χ3v) is 5.76. The van der Waals surface area contributed by atoms with E-state index < -0.39 is 5.82 Å². The van der Waals surface area contributed by atoms with Crippen molar-refractivity contribution in [2.75, 3.05) is 18.4 Å². The number of morpholine rings is 1. The molecule has 2 unspecified atom stereocenters. The lowest BCUT2D eigenvalue weighted by atomic mass is 10.0. The molecule has 3 heterocycles. The van der Waals surface area contributed by atoms with Gasteiger partial charge < -0.3 is 9.64 Å². The van der Waals surface area contributed by atoms with Gasteiger partial charge in [0.25, 0.3) is 5.91 Å². The van der Waals surface area contributed by atoms with Gasteiger partial charge in [0.15, 0.2) is 5.65 Å². The number of hydrogen-bond acceptors (Lipinski definition) is 5. The Morgan fingerprint density at radius 1 is 1.16 bits per heavy atom. The van der Waals surface area contributed by atoms with Crippen molar-refractivity contribution in [2.24, 2.45) is 5.92 Å². The number of carbonyl (C=O) groups excluding carboxylic acids is 2. The number of nitrogens with zero attached hydrogens (tertiary/aromatic N) is 4. The molecule has 8 nitrogen and oxygen atoms in total. The van der Waals surface area contributed by atoms with Crippen LogP contribution in [0, 0.1) is 11.7 Å². The maximum Gasteiger partial charge on any atom is 0.257 e. The molecule has 1 aliphatic carbocycles. The topological polar surface area (TPSA) is 88.8 Å². The number of hydrogen-bond donors (Lipinski definition) is 1. The predicted octanol–water partition coefficient (Wildman–Crippen LogP) is 3.13. The summed E-state index contributed by atoms with van der Waals surface area (Å²) in [7, 11) is 0. The molecule has 166 valence electrons. The maximum absolute atomic E-state index is 15.0. The zero-order valence-corrected chi connectivity index (χ0v) is 17.9. The first kappa shape index (κ1) is 20.6. The largest absolute Gasteiger partial charge is 0.372 e. The number of halogens is 1. The molecule has 0 radical (unpaired) electrons. The second-order valence-corrected chi connectivity index (χ2v) is 8.55. The second-order valence-electron chi connectivity index (χ2n) is 8.55. The average Bonchev–Trinajstić information content (AvgIpc) is 3.52. The molecule has 3 aromatic rings. The van der Waals surface area contributed by atoms with E-state index in [1.54, 1.807) is 33.8 Å². The maximum atomic E-state index is 15.0. The summed E-state index contributed by atoms with van der Waals surface area (Å²) in [4.78, 5) is 31.0. The van der Waals surface area contributed by atoms with Crippen LogP contribution >= 0.6 is 0 Å². The monoisotopic (exact) mass is 437 g/mol. The number of rotatable bonds is 4. The van der Waals surface area contributed by atoms with Gasteiger partial charge in [0.2, 0.25) is 11.9 Å². The van der Waals surface area contributed by atoms with Gasteiger partial charge in [-0.25, -0.2) is 8.91 Å². The highest BCUT2D eigenvalue weighted by Gasteiger charge is 2.31. The molecule has 2 amide bonds. The summed E-state index contributed by atoms with van der Waals surface area (Å²) >= 11 is 0. The summed E-state index contributed by atoms with van der Waals surface area (Å²) in [5.74, 6) is -0.761. The molecular formula is C23H24FN5O3. The number of fused-ring (bicyclic) bond motifs is 1. The van der Waals surface area contributed by atoms with E-state index in [1.165, 1.54) is 12.1 Å². The first-order valence-electron chi connectivity index (χ1n) is 10.8. The van der Waals surface area contributed by atoms with Crippen LogP contribution in [0.2, 0.25) is 0 Å². The molecule has 1 saturated carbocycles. The molecule has 9 heteroatoms. The molecule has 1 aliphatic heterocycles. The van der Waals surface area contributed by atoms with Gasteiger partial charge in [0, 0.05) is 30.8 Å². The SMILES string of the molecule is CC1CN(C(=O)c2ccc(-c3cccn4nc(NC(=O)C5CC5)nc34)cc2F)CC(C)O1. The first-order valence-corrected chi connectivity index (χ1v) is 10.8. The Labute approximate surface area is 184 Å². The fourth-order valence-electron chi connectivity index (χ4n) is 4.11. The minimum atomic E-state index is -0.594. The van der Waals surface area contributed by atoms with Crippen molar-refractivity contribution in [2.45, 2.75) is 38.9 Å². The summed E-state index contributed by atoms with van der Waals surface area (Å²) in [6.07, 6.45) is 3.30. The van der Waals surface area contributed by atoms with Crippen LogP contribution in [0.15, 0.2) is 36.5 Å². The third kappa shape index (κ3) is 3.95. The lowest BCUT2D eigenvalue weighted by Crippen LogP contribution is -2.48. The minimum Gasteiger partial charge on any atom is -0.372 e. The van der Waals surface area contributed by atoms with Crippen LogP contribution in [-0.2, 0) is 9.53 Å². The van der Waals surface area contributed by atoms with Gasteiger partial charge in [-0.1, -0.05) is 6.07 Å². The Morgan fingerprint density at radius 3 is 2.59 bits per heavy atom. The van der Waals surface area contributed by atoms with Crippen LogP contribution < -0.4 is 5.32 Å². The highest BCUT2D eigenvalue weighted by atomic mass is 19.1. The molecule has 2 atom stereocenters. The number of nitrogens with one attached hydrogen (secondary N) is 1. The van der Waals surface area contributed by atoms with Gasteiger partial charge in [-0.2, -0.15) is 4.98 Å². The number of carbonyl (C=O) groups is 2. The summed E-state index contributed by atoms with van der Waals surface area (Å²) in [6.45, 7) is 4.66. The smallest absolute Gasteiger partial charge is 0.257 e. The van der Waals surface area contributed by atoms with Crippen LogP contribution in [0.25, 0.3) is 16.8 Å². The van der Waals surface area contributed by atoms with Crippen molar-refractivity contribution in [1.82, 2.24) is 19.5 Å². The van der Waals surface area contributed by atoms with Crippen LogP contribution in [0.1, 0.15) is 37.0 Å². The van der Waals surface area contributed by atoms with Crippen LogP contribution in [0.5, 0.6) is 0 Å². The van der Waals surface area contributed by atoms with E-state index in [0.717, 1.165) is 12.8 Å². The van der Waals surface area contributed by atoms with Gasteiger partial charge in [0.05, 0.1) is 17.8 Å². The molecule has 1 aromatic carbocycles. The zero-order chi connectivity index (χ0) is 22.4. The molecule has 2 aromatic heterocycles. The fraction of sp³-hybridized carbons (Fsp3) is 0.391. The molecule has 1 N–H and O–H groups in total. The molecule has 5 rings (SSSR count). The van der Waals surface area contributed by atoms with E-state index in [1.807, 2.05) is 13.8 Å². The molecule has 2 aliphatic rings. The van der Waals surface area contributed by atoms with Gasteiger partial charge in [0.1, 0.15) is 5.82 Å². The number of ether oxygens (including phenoxy) is 1. The first-order chi connectivity index (χ1) is 15.4. The lowest BCUT2D eigenvalue weighted by Gasteiger charge is -2.35. The predicted molar refractivity (Wildman–Crippen MR) is 116 cm³/mol. The van der Waals surface area contributed by atoms with Crippen molar-refractivity contribution < 1.29 is 18.7 Å². The van der Waals surface area contributed by atoms with Gasteiger partial charge in [-0.05, 0) is 56.5 Å². The molecule has 2 fully saturated rings. The van der Waals surface area contributed by atoms with Gasteiger partial charge in [-0.3, -0.25) is 14.9 Å². The van der Waals surface area contributed by atoms with Crippen molar-refractivity contribution in [3.8, 4) is 11.1 Å².